The van der Waals surface area contributed by atoms with Crippen molar-refractivity contribution >= 4 is 26.7 Å². The molecule has 0 unspecified atom stereocenters. The summed E-state index contributed by atoms with van der Waals surface area (Å²) in [6.07, 6.45) is -4.62. The molecule has 5 nitrogen and oxygen atoms in total. The summed E-state index contributed by atoms with van der Waals surface area (Å²) in [5, 5.41) is 4.99. The van der Waals surface area contributed by atoms with Gasteiger partial charge in [-0.1, -0.05) is 17.9 Å². The highest BCUT2D eigenvalue weighted by Crippen LogP contribution is 2.38. The predicted molar refractivity (Wildman–Crippen MR) is 119 cm³/mol. The largest absolute Gasteiger partial charge is 0.416 e. The van der Waals surface area contributed by atoms with Crippen molar-refractivity contribution in [1.29, 1.82) is 0 Å². The first-order valence-electron chi connectivity index (χ1n) is 8.25. The molecule has 0 spiro atoms. The van der Waals surface area contributed by atoms with Gasteiger partial charge in [0.15, 0.2) is 0 Å². The fourth-order valence-electron chi connectivity index (χ4n) is 1.96. The van der Waals surface area contributed by atoms with Crippen molar-refractivity contribution < 1.29 is 40.2 Å². The highest BCUT2D eigenvalue weighted by Gasteiger charge is 2.37. The Bertz CT molecular complexity index is 689. The number of benzene rings is 1. The van der Waals surface area contributed by atoms with Gasteiger partial charge in [-0.3, -0.25) is 5.14 Å². The molecule has 1 rings (SSSR count). The summed E-state index contributed by atoms with van der Waals surface area (Å²) in [6.45, 7) is 2.76. The van der Waals surface area contributed by atoms with Crippen molar-refractivity contribution in [2.24, 2.45) is 9.54 Å². The molecule has 186 valence electrons. The first-order chi connectivity index (χ1) is 13.1. The molecule has 0 saturated heterocycles. The van der Waals surface area contributed by atoms with Gasteiger partial charge < -0.3 is 13.8 Å². The van der Waals surface area contributed by atoms with Crippen LogP contribution in [0.1, 0.15) is 44.1 Å². The van der Waals surface area contributed by atoms with Gasteiger partial charge in [-0.2, -0.15) is 26.3 Å². The van der Waals surface area contributed by atoms with E-state index in [4.69, 9.17) is 14.4 Å². The van der Waals surface area contributed by atoms with Crippen LogP contribution in [0.5, 0.6) is 0 Å². The quantitative estimate of drug-likeness (QED) is 0.307. The van der Waals surface area contributed by atoms with E-state index in [0.29, 0.717) is 17.8 Å². The number of hydrogen-bond donors (Lipinski definition) is 3. The summed E-state index contributed by atoms with van der Waals surface area (Å²) in [7, 11) is -3.84. The second-order valence-corrected chi connectivity index (χ2v) is 12.5. The molecule has 1 aromatic carbocycles. The number of halogens is 6. The normalized spacial score (nSPS) is 15.4. The topological polar surface area (TPSA) is 88.1 Å². The molecule has 4 N–H and O–H groups in total. The Balaban J connectivity index is 0. The van der Waals surface area contributed by atoms with Gasteiger partial charge in [-0.05, 0) is 60.6 Å². The molecule has 13 heteroatoms. The van der Waals surface area contributed by atoms with E-state index >= 15 is 0 Å². The van der Waals surface area contributed by atoms with Gasteiger partial charge in [-0.15, -0.1) is 0 Å². The zero-order valence-electron chi connectivity index (χ0n) is 17.4. The molecule has 0 aliphatic carbocycles. The summed E-state index contributed by atoms with van der Waals surface area (Å²) in [5.74, 6) is 0. The maximum atomic E-state index is 12.8. The Hall–Kier alpha value is -0.990. The van der Waals surface area contributed by atoms with Crippen molar-refractivity contribution in [1.82, 2.24) is 0 Å². The van der Waals surface area contributed by atoms with E-state index in [1.807, 2.05) is 0 Å². The average Bonchev–Trinajstić information content (AvgIpc) is 2.47. The minimum Gasteiger partial charge on any atom is -0.368 e. The van der Waals surface area contributed by atoms with E-state index in [-0.39, 0.29) is 25.7 Å². The third kappa shape index (κ3) is 15.5. The standard InChI is InChI=1S/C15H19F6NO2S.C2H9NOS.CH4/c1-9(22-25(3,4)23)8-24-10(2)11-5-12(14(16,17)18)7-13(6-11)15(19,20)21;1-5(2,3)4;/h5-7,10,23H,8H2,1-4H3;4H,3H2,1-2H3;1H4/t10-;;/m1../s1. The predicted octanol–water partition coefficient (Wildman–Crippen LogP) is 6.75. The van der Waals surface area contributed by atoms with Gasteiger partial charge in [0, 0.05) is 18.2 Å². The first kappa shape index (κ1) is 32.2. The van der Waals surface area contributed by atoms with Crippen LogP contribution in [0.2, 0.25) is 0 Å². The monoisotopic (exact) mass is 502 g/mol. The lowest BCUT2D eigenvalue weighted by atomic mass is 10.0. The Morgan fingerprint density at radius 1 is 1.00 bits per heavy atom. The Labute approximate surface area is 183 Å². The third-order valence-corrected chi connectivity index (χ3v) is 3.76. The molecule has 1 aromatic rings. The highest BCUT2D eigenvalue weighted by molar-refractivity contribution is 8.27. The number of nitrogens with zero attached hydrogens (tertiary/aromatic N) is 1. The second kappa shape index (κ2) is 11.8. The molecule has 0 saturated carbocycles. The minimum atomic E-state index is -4.91. The number of nitrogens with two attached hydrogens (primary N) is 1. The van der Waals surface area contributed by atoms with Crippen molar-refractivity contribution in [2.45, 2.75) is 39.7 Å². The average molecular weight is 503 g/mol. The number of alkyl halides is 6. The Kier molecular flexibility index (Phi) is 12.2. The van der Waals surface area contributed by atoms with Crippen molar-refractivity contribution in [2.75, 3.05) is 31.6 Å². The molecule has 0 radical (unpaired) electrons. The number of ether oxygens (including phenoxy) is 1. The summed E-state index contributed by atoms with van der Waals surface area (Å²) >= 11 is 0. The summed E-state index contributed by atoms with van der Waals surface area (Å²) in [5.41, 5.74) is -2.64. The van der Waals surface area contributed by atoms with Crippen molar-refractivity contribution in [3.63, 3.8) is 0 Å². The molecule has 1 atom stereocenters. The zero-order valence-corrected chi connectivity index (χ0v) is 19.1. The molecule has 0 heterocycles. The smallest absolute Gasteiger partial charge is 0.368 e. The van der Waals surface area contributed by atoms with Gasteiger partial charge in [0.1, 0.15) is 0 Å². The Morgan fingerprint density at radius 3 is 1.65 bits per heavy atom. The molecule has 0 fully saturated rings. The van der Waals surface area contributed by atoms with E-state index in [1.165, 1.54) is 19.4 Å². The van der Waals surface area contributed by atoms with Crippen molar-refractivity contribution in [3.8, 4) is 0 Å². The van der Waals surface area contributed by atoms with Crippen LogP contribution in [-0.2, 0) is 17.1 Å². The van der Waals surface area contributed by atoms with Gasteiger partial charge in [0.25, 0.3) is 0 Å². The lowest BCUT2D eigenvalue weighted by molar-refractivity contribution is -0.143. The first-order valence-corrected chi connectivity index (χ1v) is 13.1. The van der Waals surface area contributed by atoms with Crippen LogP contribution in [0.15, 0.2) is 22.6 Å². The highest BCUT2D eigenvalue weighted by atomic mass is 32.3. The maximum absolute atomic E-state index is 12.8. The van der Waals surface area contributed by atoms with E-state index in [0.717, 1.165) is 0 Å². The van der Waals surface area contributed by atoms with E-state index in [2.05, 4.69) is 4.40 Å². The van der Waals surface area contributed by atoms with Crippen LogP contribution in [0, 0.1) is 0 Å². The summed E-state index contributed by atoms with van der Waals surface area (Å²) < 4.78 is 104. The van der Waals surface area contributed by atoms with Gasteiger partial charge in [0.05, 0.1) is 23.8 Å². The molecule has 0 aliphatic heterocycles. The molecule has 0 bridgehead atoms. The molecule has 0 aliphatic rings. The van der Waals surface area contributed by atoms with Crippen molar-refractivity contribution in [3.05, 3.63) is 34.9 Å². The van der Waals surface area contributed by atoms with Crippen LogP contribution in [0.3, 0.4) is 0 Å². The van der Waals surface area contributed by atoms with Crippen LogP contribution in [0.25, 0.3) is 0 Å². The third-order valence-electron chi connectivity index (χ3n) is 3.00. The number of hydrogen-bond acceptors (Lipinski definition) is 5. The summed E-state index contributed by atoms with van der Waals surface area (Å²) in [6, 6.07) is 1.34. The fourth-order valence-corrected chi connectivity index (χ4v) is 2.78. The van der Waals surface area contributed by atoms with Crippen LogP contribution < -0.4 is 5.14 Å². The Morgan fingerprint density at radius 2 is 1.35 bits per heavy atom. The van der Waals surface area contributed by atoms with Gasteiger partial charge >= 0.3 is 12.4 Å². The van der Waals surface area contributed by atoms with Crippen LogP contribution in [-0.4, -0.2) is 46.4 Å². The maximum Gasteiger partial charge on any atom is 0.416 e. The number of rotatable bonds is 5. The van der Waals surface area contributed by atoms with E-state index in [9.17, 15) is 30.9 Å². The molecule has 0 aromatic heterocycles. The molecule has 0 amide bonds. The van der Waals surface area contributed by atoms with Gasteiger partial charge in [-0.25, -0.2) is 4.40 Å². The molecule has 31 heavy (non-hydrogen) atoms. The fraction of sp³-hybridized carbons (Fsp3) is 0.611. The second-order valence-electron chi connectivity index (χ2n) is 7.19. The van der Waals surface area contributed by atoms with E-state index < -0.39 is 50.6 Å². The van der Waals surface area contributed by atoms with Crippen LogP contribution in [0.4, 0.5) is 26.3 Å². The SMILES string of the molecule is C.CC(CO[C@H](C)c1cc(C(F)(F)F)cc(C(F)(F)F)c1)=NS(C)(C)O.CS(C)(N)O. The zero-order chi connectivity index (χ0) is 24.1. The van der Waals surface area contributed by atoms with Crippen LogP contribution >= 0.6 is 21.0 Å². The lowest BCUT2D eigenvalue weighted by Gasteiger charge is -2.20. The van der Waals surface area contributed by atoms with E-state index in [1.54, 1.807) is 19.4 Å². The minimum absolute atomic E-state index is 0. The summed E-state index contributed by atoms with van der Waals surface area (Å²) in [4.78, 5) is 0. The van der Waals surface area contributed by atoms with Gasteiger partial charge in [0.2, 0.25) is 0 Å². The molecular weight excluding hydrogens is 470 g/mol. The molecular formula is C18H32F6N2O3S2. The lowest BCUT2D eigenvalue weighted by Crippen LogP contribution is -2.14.